The highest BCUT2D eigenvalue weighted by atomic mass is 35.5. The van der Waals surface area contributed by atoms with Gasteiger partial charge in [-0.15, -0.1) is 0 Å². The molecule has 0 unspecified atom stereocenters. The number of aryl methyl sites for hydroxylation is 1. The van der Waals surface area contributed by atoms with Crippen molar-refractivity contribution in [3.05, 3.63) is 53.1 Å². The Morgan fingerprint density at radius 1 is 1.10 bits per heavy atom. The largest absolute Gasteiger partial charge is 0.496 e. The van der Waals surface area contributed by atoms with Gasteiger partial charge in [-0.2, -0.15) is 4.98 Å². The van der Waals surface area contributed by atoms with Gasteiger partial charge in [0.05, 0.1) is 12.7 Å². The number of hydrogen-bond donors (Lipinski definition) is 0. The maximum atomic E-state index is 6.02. The molecule has 4 nitrogen and oxygen atoms in total. The standard InChI is InChI=1S/C16H13ClN2O2/c1-10-3-5-11(6-4-10)16-18-15(19-21-16)13-9-12(17)7-8-14(13)20-2/h3-9H,1-2H3. The summed E-state index contributed by atoms with van der Waals surface area (Å²) in [5.41, 5.74) is 2.75. The second kappa shape index (κ2) is 5.58. The van der Waals surface area contributed by atoms with Crippen molar-refractivity contribution in [1.82, 2.24) is 10.1 Å². The van der Waals surface area contributed by atoms with Crippen molar-refractivity contribution in [3.8, 4) is 28.6 Å². The van der Waals surface area contributed by atoms with Gasteiger partial charge >= 0.3 is 0 Å². The van der Waals surface area contributed by atoms with Crippen LogP contribution in [-0.4, -0.2) is 17.3 Å². The Hall–Kier alpha value is -2.33. The molecule has 1 aromatic heterocycles. The lowest BCUT2D eigenvalue weighted by Crippen LogP contribution is -1.89. The Labute approximate surface area is 127 Å². The first kappa shape index (κ1) is 13.6. The second-order valence-electron chi connectivity index (χ2n) is 4.63. The zero-order valence-corrected chi connectivity index (χ0v) is 12.4. The fraction of sp³-hybridized carbons (Fsp3) is 0.125. The highest BCUT2D eigenvalue weighted by Gasteiger charge is 2.14. The molecule has 3 aromatic rings. The molecule has 0 N–H and O–H groups in total. The Bertz CT molecular complexity index is 766. The van der Waals surface area contributed by atoms with Crippen molar-refractivity contribution in [2.75, 3.05) is 7.11 Å². The summed E-state index contributed by atoms with van der Waals surface area (Å²) in [5.74, 6) is 1.56. The number of nitrogens with zero attached hydrogens (tertiary/aromatic N) is 2. The maximum Gasteiger partial charge on any atom is 0.258 e. The number of rotatable bonds is 3. The number of methoxy groups -OCH3 is 1. The van der Waals surface area contributed by atoms with E-state index in [1.54, 1.807) is 25.3 Å². The van der Waals surface area contributed by atoms with Gasteiger partial charge in [0.25, 0.3) is 5.89 Å². The van der Waals surface area contributed by atoms with Crippen LogP contribution in [0.25, 0.3) is 22.8 Å². The normalized spacial score (nSPS) is 10.6. The van der Waals surface area contributed by atoms with E-state index in [4.69, 9.17) is 20.9 Å². The molecule has 0 aliphatic rings. The van der Waals surface area contributed by atoms with Crippen molar-refractivity contribution in [2.24, 2.45) is 0 Å². The lowest BCUT2D eigenvalue weighted by molar-refractivity contribution is 0.413. The molecule has 2 aromatic carbocycles. The van der Waals surface area contributed by atoms with Gasteiger partial charge in [-0.1, -0.05) is 34.5 Å². The minimum Gasteiger partial charge on any atom is -0.496 e. The van der Waals surface area contributed by atoms with E-state index < -0.39 is 0 Å². The summed E-state index contributed by atoms with van der Waals surface area (Å²) in [6.45, 7) is 2.03. The minimum atomic E-state index is 0.449. The number of benzene rings is 2. The van der Waals surface area contributed by atoms with Crippen LogP contribution >= 0.6 is 11.6 Å². The number of hydrogen-bond acceptors (Lipinski definition) is 4. The first-order valence-electron chi connectivity index (χ1n) is 6.42. The van der Waals surface area contributed by atoms with Crippen LogP contribution in [0.5, 0.6) is 5.75 Å². The van der Waals surface area contributed by atoms with Gasteiger partial charge in [-0.3, -0.25) is 0 Å². The first-order valence-corrected chi connectivity index (χ1v) is 6.80. The first-order chi connectivity index (χ1) is 10.2. The van der Waals surface area contributed by atoms with Crippen LogP contribution in [0.3, 0.4) is 0 Å². The van der Waals surface area contributed by atoms with Gasteiger partial charge in [-0.25, -0.2) is 0 Å². The maximum absolute atomic E-state index is 6.02. The second-order valence-corrected chi connectivity index (χ2v) is 5.07. The summed E-state index contributed by atoms with van der Waals surface area (Å²) in [6.07, 6.45) is 0. The van der Waals surface area contributed by atoms with Gasteiger partial charge in [0.2, 0.25) is 5.82 Å². The van der Waals surface area contributed by atoms with E-state index in [1.807, 2.05) is 31.2 Å². The molecular formula is C16H13ClN2O2. The topological polar surface area (TPSA) is 48.2 Å². The summed E-state index contributed by atoms with van der Waals surface area (Å²) in [7, 11) is 1.59. The molecule has 21 heavy (non-hydrogen) atoms. The van der Waals surface area contributed by atoms with E-state index in [0.29, 0.717) is 28.1 Å². The Morgan fingerprint density at radius 2 is 1.86 bits per heavy atom. The van der Waals surface area contributed by atoms with E-state index in [1.165, 1.54) is 5.56 Å². The molecule has 0 aliphatic heterocycles. The average molecular weight is 301 g/mol. The van der Waals surface area contributed by atoms with Crippen LogP contribution < -0.4 is 4.74 Å². The predicted molar refractivity (Wildman–Crippen MR) is 81.5 cm³/mol. The molecule has 0 saturated carbocycles. The molecular weight excluding hydrogens is 288 g/mol. The molecule has 0 saturated heterocycles. The van der Waals surface area contributed by atoms with E-state index in [-0.39, 0.29) is 0 Å². The monoisotopic (exact) mass is 300 g/mol. The quantitative estimate of drug-likeness (QED) is 0.720. The zero-order valence-electron chi connectivity index (χ0n) is 11.6. The number of halogens is 1. The Morgan fingerprint density at radius 3 is 2.57 bits per heavy atom. The van der Waals surface area contributed by atoms with E-state index in [2.05, 4.69) is 10.1 Å². The lowest BCUT2D eigenvalue weighted by atomic mass is 10.1. The third-order valence-electron chi connectivity index (χ3n) is 3.13. The highest BCUT2D eigenvalue weighted by molar-refractivity contribution is 6.30. The average Bonchev–Trinajstić information content (AvgIpc) is 2.97. The molecule has 0 radical (unpaired) electrons. The van der Waals surface area contributed by atoms with E-state index in [0.717, 1.165) is 5.56 Å². The van der Waals surface area contributed by atoms with Crippen LogP contribution in [-0.2, 0) is 0 Å². The van der Waals surface area contributed by atoms with Gasteiger partial charge < -0.3 is 9.26 Å². The van der Waals surface area contributed by atoms with Crippen molar-refractivity contribution < 1.29 is 9.26 Å². The predicted octanol–water partition coefficient (Wildman–Crippen LogP) is 4.37. The Kier molecular flexibility index (Phi) is 3.62. The van der Waals surface area contributed by atoms with Gasteiger partial charge in [-0.05, 0) is 37.3 Å². The lowest BCUT2D eigenvalue weighted by Gasteiger charge is -2.04. The molecule has 0 fully saturated rings. The molecule has 1 heterocycles. The summed E-state index contributed by atoms with van der Waals surface area (Å²) in [5, 5.41) is 4.60. The third kappa shape index (κ3) is 2.76. The Balaban J connectivity index is 2.02. The zero-order chi connectivity index (χ0) is 14.8. The molecule has 5 heteroatoms. The molecule has 106 valence electrons. The molecule has 0 bridgehead atoms. The molecule has 0 aliphatic carbocycles. The minimum absolute atomic E-state index is 0.449. The van der Waals surface area contributed by atoms with Crippen LogP contribution in [0.4, 0.5) is 0 Å². The van der Waals surface area contributed by atoms with Crippen molar-refractivity contribution in [1.29, 1.82) is 0 Å². The van der Waals surface area contributed by atoms with Gasteiger partial charge in [0.1, 0.15) is 5.75 Å². The van der Waals surface area contributed by atoms with Crippen molar-refractivity contribution >= 4 is 11.6 Å². The smallest absolute Gasteiger partial charge is 0.258 e. The van der Waals surface area contributed by atoms with Crippen LogP contribution in [0, 0.1) is 6.92 Å². The van der Waals surface area contributed by atoms with Crippen LogP contribution in [0.1, 0.15) is 5.56 Å². The fourth-order valence-electron chi connectivity index (χ4n) is 2.00. The van der Waals surface area contributed by atoms with Gasteiger partial charge in [0, 0.05) is 10.6 Å². The van der Waals surface area contributed by atoms with Crippen molar-refractivity contribution in [2.45, 2.75) is 6.92 Å². The molecule has 0 atom stereocenters. The summed E-state index contributed by atoms with van der Waals surface area (Å²) >= 11 is 6.02. The van der Waals surface area contributed by atoms with Crippen molar-refractivity contribution in [3.63, 3.8) is 0 Å². The van der Waals surface area contributed by atoms with Crippen LogP contribution in [0.2, 0.25) is 5.02 Å². The molecule has 0 amide bonds. The number of aromatic nitrogens is 2. The third-order valence-corrected chi connectivity index (χ3v) is 3.36. The van der Waals surface area contributed by atoms with Crippen LogP contribution in [0.15, 0.2) is 47.0 Å². The summed E-state index contributed by atoms with van der Waals surface area (Å²) in [4.78, 5) is 4.41. The fourth-order valence-corrected chi connectivity index (χ4v) is 2.17. The molecule has 3 rings (SSSR count). The van der Waals surface area contributed by atoms with E-state index in [9.17, 15) is 0 Å². The summed E-state index contributed by atoms with van der Waals surface area (Å²) in [6, 6.07) is 13.2. The van der Waals surface area contributed by atoms with E-state index >= 15 is 0 Å². The number of ether oxygens (including phenoxy) is 1. The highest BCUT2D eigenvalue weighted by Crippen LogP contribution is 2.31. The summed E-state index contributed by atoms with van der Waals surface area (Å²) < 4.78 is 10.6. The van der Waals surface area contributed by atoms with Gasteiger partial charge in [0.15, 0.2) is 0 Å². The SMILES string of the molecule is COc1ccc(Cl)cc1-c1noc(-c2ccc(C)cc2)n1. The molecule has 0 spiro atoms.